The van der Waals surface area contributed by atoms with E-state index in [4.69, 9.17) is 14.6 Å². The van der Waals surface area contributed by atoms with Gasteiger partial charge >= 0.3 is 0 Å². The Labute approximate surface area is 96.0 Å². The first kappa shape index (κ1) is 11.3. The molecule has 0 atom stereocenters. The summed E-state index contributed by atoms with van der Waals surface area (Å²) < 4.78 is 11.1. The van der Waals surface area contributed by atoms with Gasteiger partial charge in [-0.3, -0.25) is 0 Å². The van der Waals surface area contributed by atoms with Crippen LogP contribution in [0.2, 0.25) is 0 Å². The third-order valence-electron chi connectivity index (χ3n) is 2.82. The molecule has 0 saturated heterocycles. The SMILES string of the molecule is COc1cccc(CCO)c1OCC1CC1. The van der Waals surface area contributed by atoms with E-state index in [9.17, 15) is 0 Å². The van der Waals surface area contributed by atoms with Crippen LogP contribution in [0.1, 0.15) is 18.4 Å². The first-order valence-electron chi connectivity index (χ1n) is 5.74. The molecule has 1 N–H and O–H groups in total. The average molecular weight is 222 g/mol. The van der Waals surface area contributed by atoms with Crippen LogP contribution >= 0.6 is 0 Å². The standard InChI is InChI=1S/C13H18O3/c1-15-12-4-2-3-11(7-8-14)13(12)16-9-10-5-6-10/h2-4,10,14H,5-9H2,1H3. The molecule has 16 heavy (non-hydrogen) atoms. The zero-order valence-corrected chi connectivity index (χ0v) is 9.61. The quantitative estimate of drug-likeness (QED) is 0.800. The van der Waals surface area contributed by atoms with Crippen molar-refractivity contribution < 1.29 is 14.6 Å². The number of aliphatic hydroxyl groups excluding tert-OH is 1. The predicted octanol–water partition coefficient (Wildman–Crippen LogP) is 2.02. The van der Waals surface area contributed by atoms with Crippen molar-refractivity contribution in [2.45, 2.75) is 19.3 Å². The maximum atomic E-state index is 9.00. The topological polar surface area (TPSA) is 38.7 Å². The number of aliphatic hydroxyl groups is 1. The van der Waals surface area contributed by atoms with Gasteiger partial charge in [-0.2, -0.15) is 0 Å². The van der Waals surface area contributed by atoms with E-state index >= 15 is 0 Å². The van der Waals surface area contributed by atoms with Gasteiger partial charge < -0.3 is 14.6 Å². The van der Waals surface area contributed by atoms with Crippen molar-refractivity contribution in [3.63, 3.8) is 0 Å². The van der Waals surface area contributed by atoms with E-state index < -0.39 is 0 Å². The second-order valence-electron chi connectivity index (χ2n) is 4.18. The fraction of sp³-hybridized carbons (Fsp3) is 0.538. The monoisotopic (exact) mass is 222 g/mol. The highest BCUT2D eigenvalue weighted by Crippen LogP contribution is 2.35. The van der Waals surface area contributed by atoms with Gasteiger partial charge in [-0.1, -0.05) is 12.1 Å². The number of rotatable bonds is 6. The van der Waals surface area contributed by atoms with Gasteiger partial charge in [0.2, 0.25) is 0 Å². The normalized spacial score (nSPS) is 14.9. The third-order valence-corrected chi connectivity index (χ3v) is 2.82. The van der Waals surface area contributed by atoms with Crippen LogP contribution in [0.15, 0.2) is 18.2 Å². The zero-order chi connectivity index (χ0) is 11.4. The van der Waals surface area contributed by atoms with E-state index in [1.165, 1.54) is 12.8 Å². The van der Waals surface area contributed by atoms with Crippen molar-refractivity contribution in [3.05, 3.63) is 23.8 Å². The Kier molecular flexibility index (Phi) is 3.67. The average Bonchev–Trinajstić information content (AvgIpc) is 3.11. The maximum absolute atomic E-state index is 9.00. The summed E-state index contributed by atoms with van der Waals surface area (Å²) in [6.07, 6.45) is 3.15. The number of hydrogen-bond donors (Lipinski definition) is 1. The Hall–Kier alpha value is -1.22. The fourth-order valence-electron chi connectivity index (χ4n) is 1.69. The Morgan fingerprint density at radius 3 is 2.81 bits per heavy atom. The van der Waals surface area contributed by atoms with Crippen molar-refractivity contribution >= 4 is 0 Å². The first-order chi connectivity index (χ1) is 7.85. The lowest BCUT2D eigenvalue weighted by molar-refractivity contribution is 0.269. The molecule has 0 heterocycles. The van der Waals surface area contributed by atoms with Gasteiger partial charge in [0.25, 0.3) is 0 Å². The van der Waals surface area contributed by atoms with Crippen LogP contribution in [0.3, 0.4) is 0 Å². The molecule has 3 nitrogen and oxygen atoms in total. The number of methoxy groups -OCH3 is 1. The van der Waals surface area contributed by atoms with Gasteiger partial charge in [0.15, 0.2) is 11.5 Å². The summed E-state index contributed by atoms with van der Waals surface area (Å²) in [6, 6.07) is 5.79. The van der Waals surface area contributed by atoms with Gasteiger partial charge in [-0.15, -0.1) is 0 Å². The van der Waals surface area contributed by atoms with Crippen LogP contribution in [-0.2, 0) is 6.42 Å². The van der Waals surface area contributed by atoms with Crippen molar-refractivity contribution in [2.75, 3.05) is 20.3 Å². The number of para-hydroxylation sites is 1. The van der Waals surface area contributed by atoms with Crippen LogP contribution in [0.25, 0.3) is 0 Å². The molecule has 1 aliphatic carbocycles. The lowest BCUT2D eigenvalue weighted by Crippen LogP contribution is -2.04. The summed E-state index contributed by atoms with van der Waals surface area (Å²) >= 11 is 0. The van der Waals surface area contributed by atoms with Crippen LogP contribution in [0.4, 0.5) is 0 Å². The molecule has 88 valence electrons. The van der Waals surface area contributed by atoms with Gasteiger partial charge in [-0.05, 0) is 31.2 Å². The minimum absolute atomic E-state index is 0.132. The maximum Gasteiger partial charge on any atom is 0.164 e. The van der Waals surface area contributed by atoms with E-state index in [2.05, 4.69) is 0 Å². The molecule has 0 aliphatic heterocycles. The Bertz CT molecular complexity index is 345. The second kappa shape index (κ2) is 5.21. The molecule has 0 unspecified atom stereocenters. The van der Waals surface area contributed by atoms with Crippen LogP contribution in [0, 0.1) is 5.92 Å². The van der Waals surface area contributed by atoms with E-state index in [-0.39, 0.29) is 6.61 Å². The predicted molar refractivity (Wildman–Crippen MR) is 62.0 cm³/mol. The zero-order valence-electron chi connectivity index (χ0n) is 9.61. The minimum atomic E-state index is 0.132. The minimum Gasteiger partial charge on any atom is -0.493 e. The summed E-state index contributed by atoms with van der Waals surface area (Å²) in [4.78, 5) is 0. The van der Waals surface area contributed by atoms with Gasteiger partial charge in [-0.25, -0.2) is 0 Å². The third kappa shape index (κ3) is 2.67. The van der Waals surface area contributed by atoms with Gasteiger partial charge in [0.1, 0.15) is 0 Å². The Morgan fingerprint density at radius 1 is 1.38 bits per heavy atom. The molecule has 1 aromatic carbocycles. The largest absolute Gasteiger partial charge is 0.493 e. The Morgan fingerprint density at radius 2 is 2.19 bits per heavy atom. The highest BCUT2D eigenvalue weighted by atomic mass is 16.5. The molecular weight excluding hydrogens is 204 g/mol. The van der Waals surface area contributed by atoms with Crippen molar-refractivity contribution in [1.82, 2.24) is 0 Å². The number of hydrogen-bond acceptors (Lipinski definition) is 3. The number of benzene rings is 1. The molecule has 2 rings (SSSR count). The summed E-state index contributed by atoms with van der Waals surface area (Å²) in [5.74, 6) is 2.27. The molecule has 1 fully saturated rings. The second-order valence-corrected chi connectivity index (χ2v) is 4.18. The molecule has 3 heteroatoms. The van der Waals surface area contributed by atoms with Crippen LogP contribution < -0.4 is 9.47 Å². The molecule has 0 amide bonds. The van der Waals surface area contributed by atoms with E-state index in [0.29, 0.717) is 12.3 Å². The fourth-order valence-corrected chi connectivity index (χ4v) is 1.69. The Balaban J connectivity index is 2.13. The lowest BCUT2D eigenvalue weighted by atomic mass is 10.1. The van der Waals surface area contributed by atoms with Crippen molar-refractivity contribution in [3.8, 4) is 11.5 Å². The molecule has 1 aliphatic rings. The van der Waals surface area contributed by atoms with E-state index in [1.54, 1.807) is 7.11 Å². The number of ether oxygens (including phenoxy) is 2. The highest BCUT2D eigenvalue weighted by molar-refractivity contribution is 5.46. The molecule has 0 bridgehead atoms. The van der Waals surface area contributed by atoms with Crippen molar-refractivity contribution in [2.24, 2.45) is 5.92 Å². The van der Waals surface area contributed by atoms with Crippen LogP contribution in [-0.4, -0.2) is 25.4 Å². The van der Waals surface area contributed by atoms with Gasteiger partial charge in [0.05, 0.1) is 13.7 Å². The molecule has 0 spiro atoms. The smallest absolute Gasteiger partial charge is 0.164 e. The molecule has 1 saturated carbocycles. The highest BCUT2D eigenvalue weighted by Gasteiger charge is 2.23. The van der Waals surface area contributed by atoms with Crippen molar-refractivity contribution in [1.29, 1.82) is 0 Å². The summed E-state index contributed by atoms with van der Waals surface area (Å²) in [7, 11) is 1.64. The van der Waals surface area contributed by atoms with E-state index in [1.807, 2.05) is 18.2 Å². The molecule has 0 aromatic heterocycles. The summed E-state index contributed by atoms with van der Waals surface area (Å²) in [6.45, 7) is 0.895. The van der Waals surface area contributed by atoms with E-state index in [0.717, 1.165) is 23.7 Å². The molecule has 0 radical (unpaired) electrons. The lowest BCUT2D eigenvalue weighted by Gasteiger charge is -2.14. The molecular formula is C13H18O3. The summed E-state index contributed by atoms with van der Waals surface area (Å²) in [5, 5.41) is 9.00. The molecule has 1 aromatic rings. The summed E-state index contributed by atoms with van der Waals surface area (Å²) in [5.41, 5.74) is 1.02. The van der Waals surface area contributed by atoms with Gasteiger partial charge in [0, 0.05) is 12.2 Å². The first-order valence-corrected chi connectivity index (χ1v) is 5.74. The van der Waals surface area contributed by atoms with Crippen LogP contribution in [0.5, 0.6) is 11.5 Å².